The quantitative estimate of drug-likeness (QED) is 0.814. The van der Waals surface area contributed by atoms with Gasteiger partial charge in [0.15, 0.2) is 0 Å². The summed E-state index contributed by atoms with van der Waals surface area (Å²) in [7, 11) is 0. The number of amides is 2. The van der Waals surface area contributed by atoms with Crippen LogP contribution in [0, 0.1) is 6.92 Å². The molecule has 148 valence electrons. The van der Waals surface area contributed by atoms with Crippen molar-refractivity contribution in [2.75, 3.05) is 19.6 Å². The Bertz CT molecular complexity index is 928. The third-order valence-corrected chi connectivity index (χ3v) is 6.11. The standard InChI is InChI=1S/C23H29N3O2/c1-4-5-9-24-11-12-26-21(23(24)28)13-16(2)22(26)19-6-7-20-15-25(17(3)27)10-8-18(20)14-19/h6-7,13-14H,4-5,8-12,15H2,1-3H3. The van der Waals surface area contributed by atoms with E-state index in [1.54, 1.807) is 6.92 Å². The first kappa shape index (κ1) is 18.8. The van der Waals surface area contributed by atoms with E-state index in [4.69, 9.17) is 0 Å². The highest BCUT2D eigenvalue weighted by atomic mass is 16.2. The van der Waals surface area contributed by atoms with Gasteiger partial charge in [0.2, 0.25) is 5.91 Å². The van der Waals surface area contributed by atoms with Crippen molar-refractivity contribution in [3.05, 3.63) is 46.6 Å². The monoisotopic (exact) mass is 379 g/mol. The van der Waals surface area contributed by atoms with E-state index in [-0.39, 0.29) is 11.8 Å². The molecule has 1 aromatic heterocycles. The maximum atomic E-state index is 12.9. The average molecular weight is 380 g/mol. The highest BCUT2D eigenvalue weighted by molar-refractivity contribution is 5.95. The van der Waals surface area contributed by atoms with Gasteiger partial charge in [-0.1, -0.05) is 25.5 Å². The molecule has 28 heavy (non-hydrogen) atoms. The number of unbranched alkanes of at least 4 members (excludes halogenated alkanes) is 1. The van der Waals surface area contributed by atoms with E-state index < -0.39 is 0 Å². The van der Waals surface area contributed by atoms with Gasteiger partial charge in [-0.05, 0) is 54.2 Å². The predicted octanol–water partition coefficient (Wildman–Crippen LogP) is 3.62. The Hall–Kier alpha value is -2.56. The summed E-state index contributed by atoms with van der Waals surface area (Å²) >= 11 is 0. The molecule has 0 spiro atoms. The fourth-order valence-electron chi connectivity index (χ4n) is 4.49. The first-order chi connectivity index (χ1) is 13.5. The lowest BCUT2D eigenvalue weighted by atomic mass is 9.95. The van der Waals surface area contributed by atoms with Gasteiger partial charge in [0.25, 0.3) is 5.91 Å². The normalized spacial score (nSPS) is 16.2. The van der Waals surface area contributed by atoms with Crippen LogP contribution in [-0.2, 0) is 24.3 Å². The molecule has 0 bridgehead atoms. The number of carbonyl (C=O) groups is 2. The summed E-state index contributed by atoms with van der Waals surface area (Å²) in [5.74, 6) is 0.293. The minimum absolute atomic E-state index is 0.136. The van der Waals surface area contributed by atoms with Crippen molar-refractivity contribution in [3.8, 4) is 11.3 Å². The second-order valence-electron chi connectivity index (χ2n) is 8.03. The summed E-state index contributed by atoms with van der Waals surface area (Å²) in [6, 6.07) is 8.60. The van der Waals surface area contributed by atoms with Crippen molar-refractivity contribution >= 4 is 11.8 Å². The van der Waals surface area contributed by atoms with E-state index in [0.717, 1.165) is 62.4 Å². The van der Waals surface area contributed by atoms with E-state index in [0.29, 0.717) is 6.54 Å². The van der Waals surface area contributed by atoms with E-state index in [2.05, 4.69) is 36.6 Å². The molecule has 2 aliphatic rings. The van der Waals surface area contributed by atoms with Crippen LogP contribution in [0.1, 0.15) is 53.9 Å². The van der Waals surface area contributed by atoms with Crippen LogP contribution >= 0.6 is 0 Å². The van der Waals surface area contributed by atoms with Crippen molar-refractivity contribution in [3.63, 3.8) is 0 Å². The van der Waals surface area contributed by atoms with Gasteiger partial charge in [-0.25, -0.2) is 0 Å². The van der Waals surface area contributed by atoms with Crippen LogP contribution in [0.4, 0.5) is 0 Å². The largest absolute Gasteiger partial charge is 0.338 e. The molecule has 5 nitrogen and oxygen atoms in total. The Morgan fingerprint density at radius 3 is 2.68 bits per heavy atom. The summed E-state index contributed by atoms with van der Waals surface area (Å²) in [4.78, 5) is 28.5. The maximum absolute atomic E-state index is 12.9. The molecule has 0 aliphatic carbocycles. The number of aryl methyl sites for hydroxylation is 1. The van der Waals surface area contributed by atoms with Gasteiger partial charge < -0.3 is 14.4 Å². The first-order valence-corrected chi connectivity index (χ1v) is 10.4. The van der Waals surface area contributed by atoms with E-state index in [1.165, 1.54) is 16.7 Å². The number of carbonyl (C=O) groups excluding carboxylic acids is 2. The Labute approximate surface area is 166 Å². The summed E-state index contributed by atoms with van der Waals surface area (Å²) in [6.45, 7) is 9.85. The molecule has 0 radical (unpaired) electrons. The topological polar surface area (TPSA) is 45.5 Å². The zero-order valence-corrected chi connectivity index (χ0v) is 17.1. The molecule has 0 N–H and O–H groups in total. The zero-order chi connectivity index (χ0) is 19.8. The second kappa shape index (κ2) is 7.46. The number of hydrogen-bond donors (Lipinski definition) is 0. The van der Waals surface area contributed by atoms with Gasteiger partial charge in [-0.3, -0.25) is 9.59 Å². The summed E-state index contributed by atoms with van der Waals surface area (Å²) < 4.78 is 2.20. The molecule has 4 rings (SSSR count). The highest BCUT2D eigenvalue weighted by Crippen LogP contribution is 2.32. The molecule has 1 aromatic carbocycles. The van der Waals surface area contributed by atoms with Crippen molar-refractivity contribution in [2.45, 2.75) is 53.1 Å². The summed E-state index contributed by atoms with van der Waals surface area (Å²) in [6.07, 6.45) is 3.05. The molecule has 0 saturated heterocycles. The van der Waals surface area contributed by atoms with Gasteiger partial charge in [0.05, 0.1) is 5.69 Å². The fraction of sp³-hybridized carbons (Fsp3) is 0.478. The molecule has 3 heterocycles. The SMILES string of the molecule is CCCCN1CCn2c(cc(C)c2-c2ccc3c(c2)CCN(C(C)=O)C3)C1=O. The number of hydrogen-bond acceptors (Lipinski definition) is 2. The average Bonchev–Trinajstić information content (AvgIpc) is 3.03. The van der Waals surface area contributed by atoms with Crippen LogP contribution in [-0.4, -0.2) is 45.8 Å². The molecule has 2 aromatic rings. The van der Waals surface area contributed by atoms with Gasteiger partial charge in [0.1, 0.15) is 5.69 Å². The maximum Gasteiger partial charge on any atom is 0.270 e. The molecule has 0 atom stereocenters. The Morgan fingerprint density at radius 2 is 1.93 bits per heavy atom. The number of rotatable bonds is 4. The smallest absolute Gasteiger partial charge is 0.270 e. The number of aromatic nitrogens is 1. The van der Waals surface area contributed by atoms with Gasteiger partial charge in [-0.2, -0.15) is 0 Å². The van der Waals surface area contributed by atoms with Gasteiger partial charge >= 0.3 is 0 Å². The molecule has 2 aliphatic heterocycles. The van der Waals surface area contributed by atoms with Crippen molar-refractivity contribution < 1.29 is 9.59 Å². The second-order valence-corrected chi connectivity index (χ2v) is 8.03. The van der Waals surface area contributed by atoms with E-state index in [9.17, 15) is 9.59 Å². The lowest BCUT2D eigenvalue weighted by molar-refractivity contribution is -0.129. The van der Waals surface area contributed by atoms with Crippen LogP contribution in [0.15, 0.2) is 24.3 Å². The van der Waals surface area contributed by atoms with Crippen LogP contribution in [0.3, 0.4) is 0 Å². The molecule has 0 saturated carbocycles. The predicted molar refractivity (Wildman–Crippen MR) is 110 cm³/mol. The van der Waals surface area contributed by atoms with Crippen molar-refractivity contribution in [2.24, 2.45) is 0 Å². The van der Waals surface area contributed by atoms with E-state index in [1.807, 2.05) is 15.9 Å². The van der Waals surface area contributed by atoms with Gasteiger partial charge in [-0.15, -0.1) is 0 Å². The third-order valence-electron chi connectivity index (χ3n) is 6.11. The summed E-state index contributed by atoms with van der Waals surface area (Å²) in [5, 5.41) is 0. The Morgan fingerprint density at radius 1 is 1.11 bits per heavy atom. The number of nitrogens with zero attached hydrogens (tertiary/aromatic N) is 3. The zero-order valence-electron chi connectivity index (χ0n) is 17.1. The van der Waals surface area contributed by atoms with Crippen LogP contribution in [0.25, 0.3) is 11.3 Å². The van der Waals surface area contributed by atoms with Crippen molar-refractivity contribution in [1.29, 1.82) is 0 Å². The number of benzene rings is 1. The first-order valence-electron chi connectivity index (χ1n) is 10.4. The molecule has 0 unspecified atom stereocenters. The third kappa shape index (κ3) is 3.23. The number of fused-ring (bicyclic) bond motifs is 2. The molecular formula is C23H29N3O2. The molecular weight excluding hydrogens is 350 g/mol. The molecule has 2 amide bonds. The minimum atomic E-state index is 0.136. The summed E-state index contributed by atoms with van der Waals surface area (Å²) in [5.41, 5.74) is 6.85. The fourth-order valence-corrected chi connectivity index (χ4v) is 4.49. The molecule has 0 fully saturated rings. The van der Waals surface area contributed by atoms with Crippen LogP contribution in [0.5, 0.6) is 0 Å². The lowest BCUT2D eigenvalue weighted by Crippen LogP contribution is -2.40. The lowest BCUT2D eigenvalue weighted by Gasteiger charge is -2.30. The Kier molecular flexibility index (Phi) is 5.00. The van der Waals surface area contributed by atoms with Gasteiger partial charge in [0, 0.05) is 39.6 Å². The van der Waals surface area contributed by atoms with Crippen LogP contribution < -0.4 is 0 Å². The van der Waals surface area contributed by atoms with Crippen molar-refractivity contribution in [1.82, 2.24) is 14.4 Å². The minimum Gasteiger partial charge on any atom is -0.338 e. The van der Waals surface area contributed by atoms with Crippen LogP contribution in [0.2, 0.25) is 0 Å². The highest BCUT2D eigenvalue weighted by Gasteiger charge is 2.28. The van der Waals surface area contributed by atoms with E-state index >= 15 is 0 Å². The Balaban J connectivity index is 1.65. The molecule has 5 heteroatoms.